The van der Waals surface area contributed by atoms with E-state index in [4.69, 9.17) is 9.15 Å². The normalized spacial score (nSPS) is 11.0. The Balaban J connectivity index is 1.59. The summed E-state index contributed by atoms with van der Waals surface area (Å²) < 4.78 is 11.7. The molecule has 0 spiro atoms. The third-order valence-corrected chi connectivity index (χ3v) is 5.18. The number of fused-ring (bicyclic) bond motifs is 2. The van der Waals surface area contributed by atoms with Crippen LogP contribution in [0.1, 0.15) is 27.6 Å². The number of ether oxygens (including phenoxy) is 1. The van der Waals surface area contributed by atoms with Gasteiger partial charge in [-0.05, 0) is 37.3 Å². The summed E-state index contributed by atoms with van der Waals surface area (Å²) in [6.45, 7) is 1.81. The highest BCUT2D eigenvalue weighted by molar-refractivity contribution is 6.08. The van der Waals surface area contributed by atoms with Gasteiger partial charge in [-0.15, -0.1) is 0 Å². The molecular formula is C25H18N4O5. The molecule has 0 aliphatic heterocycles. The second kappa shape index (κ2) is 8.62. The van der Waals surface area contributed by atoms with Gasteiger partial charge in [0, 0.05) is 10.8 Å². The second-order valence-corrected chi connectivity index (χ2v) is 7.34. The Hall–Kier alpha value is -4.79. The molecule has 0 bridgehead atoms. The van der Waals surface area contributed by atoms with Crippen molar-refractivity contribution in [3.8, 4) is 5.82 Å². The molecule has 5 rings (SSSR count). The van der Waals surface area contributed by atoms with Crippen molar-refractivity contribution in [1.29, 1.82) is 0 Å². The van der Waals surface area contributed by atoms with Gasteiger partial charge >= 0.3 is 11.6 Å². The molecule has 0 saturated carbocycles. The van der Waals surface area contributed by atoms with Gasteiger partial charge in [0.05, 0.1) is 18.3 Å². The molecule has 0 fully saturated rings. The molecular weight excluding hydrogens is 436 g/mol. The highest BCUT2D eigenvalue weighted by Gasteiger charge is 2.24. The number of rotatable bonds is 5. The number of carbonyl (C=O) groups is 2. The van der Waals surface area contributed by atoms with Crippen molar-refractivity contribution in [3.05, 3.63) is 94.5 Å². The fraction of sp³-hybridized carbons (Fsp3) is 0.0800. The van der Waals surface area contributed by atoms with Gasteiger partial charge in [-0.1, -0.05) is 36.4 Å². The monoisotopic (exact) mass is 454 g/mol. The fourth-order valence-corrected chi connectivity index (χ4v) is 3.57. The number of hydrogen-bond acceptors (Lipinski definition) is 7. The van der Waals surface area contributed by atoms with E-state index in [0.717, 1.165) is 5.39 Å². The third-order valence-electron chi connectivity index (χ3n) is 5.18. The zero-order valence-corrected chi connectivity index (χ0v) is 18.0. The minimum Gasteiger partial charge on any atom is -0.462 e. The van der Waals surface area contributed by atoms with Crippen molar-refractivity contribution in [3.63, 3.8) is 0 Å². The maximum Gasteiger partial charge on any atom is 0.349 e. The Morgan fingerprint density at radius 3 is 2.59 bits per heavy atom. The molecule has 0 radical (unpaired) electrons. The number of pyridine rings is 1. The van der Waals surface area contributed by atoms with Crippen LogP contribution in [0.25, 0.3) is 27.7 Å². The zero-order chi connectivity index (χ0) is 23.7. The van der Waals surface area contributed by atoms with Crippen LogP contribution in [0.5, 0.6) is 0 Å². The highest BCUT2D eigenvalue weighted by atomic mass is 16.5. The van der Waals surface area contributed by atoms with E-state index < -0.39 is 17.5 Å². The number of esters is 1. The van der Waals surface area contributed by atoms with Crippen LogP contribution in [0.2, 0.25) is 0 Å². The van der Waals surface area contributed by atoms with E-state index in [1.54, 1.807) is 37.3 Å². The number of nitrogens with one attached hydrogen (secondary N) is 1. The summed E-state index contributed by atoms with van der Waals surface area (Å²) in [6, 6.07) is 19.4. The molecule has 0 atom stereocenters. The van der Waals surface area contributed by atoms with Gasteiger partial charge < -0.3 is 14.5 Å². The van der Waals surface area contributed by atoms with Gasteiger partial charge in [0.1, 0.15) is 16.7 Å². The van der Waals surface area contributed by atoms with Gasteiger partial charge in [-0.25, -0.2) is 14.6 Å². The van der Waals surface area contributed by atoms with Crippen molar-refractivity contribution in [1.82, 2.24) is 14.8 Å². The lowest BCUT2D eigenvalue weighted by atomic mass is 10.2. The molecule has 0 unspecified atom stereocenters. The van der Waals surface area contributed by atoms with Gasteiger partial charge in [-0.3, -0.25) is 4.79 Å². The van der Waals surface area contributed by atoms with Crippen LogP contribution in [-0.2, 0) is 4.74 Å². The quantitative estimate of drug-likeness (QED) is 0.316. The standard InChI is InChI=1S/C25H18N4O5/c1-2-33-24(31)18-14-26-29(21-12-11-15-7-3-5-9-19(15)27-21)22(18)28-23(30)17-13-16-8-4-6-10-20(16)34-25(17)32/h3-14H,2H2,1H3,(H,28,30). The molecule has 3 aromatic heterocycles. The third kappa shape index (κ3) is 3.79. The summed E-state index contributed by atoms with van der Waals surface area (Å²) in [5.74, 6) is -1.03. The fourth-order valence-electron chi connectivity index (χ4n) is 3.57. The lowest BCUT2D eigenvalue weighted by Gasteiger charge is -2.11. The van der Waals surface area contributed by atoms with E-state index >= 15 is 0 Å². The van der Waals surface area contributed by atoms with Gasteiger partial charge in [-0.2, -0.15) is 9.78 Å². The molecule has 9 nitrogen and oxygen atoms in total. The van der Waals surface area contributed by atoms with Crippen molar-refractivity contribution < 1.29 is 18.7 Å². The Kier molecular flexibility index (Phi) is 5.35. The molecule has 0 saturated heterocycles. The van der Waals surface area contributed by atoms with Gasteiger partial charge in [0.15, 0.2) is 11.6 Å². The minimum atomic E-state index is -0.802. The first-order valence-electron chi connectivity index (χ1n) is 10.5. The predicted molar refractivity (Wildman–Crippen MR) is 125 cm³/mol. The minimum absolute atomic E-state index is 0.0235. The van der Waals surface area contributed by atoms with E-state index in [-0.39, 0.29) is 23.6 Å². The average Bonchev–Trinajstić information content (AvgIpc) is 3.27. The molecule has 0 aliphatic carbocycles. The van der Waals surface area contributed by atoms with Crippen LogP contribution in [-0.4, -0.2) is 33.2 Å². The predicted octanol–water partition coefficient (Wildman–Crippen LogP) is 3.96. The van der Waals surface area contributed by atoms with Crippen LogP contribution in [0.3, 0.4) is 0 Å². The van der Waals surface area contributed by atoms with E-state index in [9.17, 15) is 14.4 Å². The molecule has 3 heterocycles. The van der Waals surface area contributed by atoms with Crippen LogP contribution < -0.4 is 10.9 Å². The summed E-state index contributed by atoms with van der Waals surface area (Å²) in [4.78, 5) is 42.7. The zero-order valence-electron chi connectivity index (χ0n) is 18.0. The molecule has 0 aliphatic rings. The van der Waals surface area contributed by atoms with E-state index in [1.807, 2.05) is 30.3 Å². The Labute approximate surface area is 192 Å². The summed E-state index contributed by atoms with van der Waals surface area (Å²) >= 11 is 0. The van der Waals surface area contributed by atoms with Crippen LogP contribution in [0, 0.1) is 0 Å². The van der Waals surface area contributed by atoms with Crippen LogP contribution in [0.15, 0.2) is 82.1 Å². The van der Waals surface area contributed by atoms with Crippen molar-refractivity contribution in [2.45, 2.75) is 6.92 Å². The first kappa shape index (κ1) is 21.1. The Bertz CT molecular complexity index is 1620. The van der Waals surface area contributed by atoms with E-state index in [2.05, 4.69) is 15.4 Å². The SMILES string of the molecule is CCOC(=O)c1cnn(-c2ccc3ccccc3n2)c1NC(=O)c1cc2ccccc2oc1=O. The molecule has 34 heavy (non-hydrogen) atoms. The number of amides is 1. The first-order valence-corrected chi connectivity index (χ1v) is 10.5. The van der Waals surface area contributed by atoms with E-state index in [1.165, 1.54) is 16.9 Å². The average molecular weight is 454 g/mol. The maximum absolute atomic E-state index is 13.1. The number of nitrogens with zero attached hydrogens (tertiary/aromatic N) is 3. The molecule has 168 valence electrons. The summed E-state index contributed by atoms with van der Waals surface area (Å²) in [5, 5.41) is 8.39. The Morgan fingerprint density at radius 2 is 1.76 bits per heavy atom. The number of hydrogen-bond donors (Lipinski definition) is 1. The number of anilines is 1. The molecule has 9 heteroatoms. The smallest absolute Gasteiger partial charge is 0.349 e. The molecule has 1 N–H and O–H groups in total. The second-order valence-electron chi connectivity index (χ2n) is 7.34. The molecule has 2 aromatic carbocycles. The molecule has 1 amide bonds. The number of para-hydroxylation sites is 2. The number of benzene rings is 2. The van der Waals surface area contributed by atoms with Crippen LogP contribution in [0.4, 0.5) is 5.82 Å². The molecule has 5 aromatic rings. The van der Waals surface area contributed by atoms with E-state index in [0.29, 0.717) is 22.3 Å². The summed E-state index contributed by atoms with van der Waals surface area (Å²) in [5.41, 5.74) is 0.0779. The van der Waals surface area contributed by atoms with Crippen molar-refractivity contribution in [2.24, 2.45) is 0 Å². The lowest BCUT2D eigenvalue weighted by Crippen LogP contribution is -2.23. The topological polar surface area (TPSA) is 116 Å². The number of aromatic nitrogens is 3. The van der Waals surface area contributed by atoms with Crippen molar-refractivity contribution in [2.75, 3.05) is 11.9 Å². The maximum atomic E-state index is 13.1. The van der Waals surface area contributed by atoms with Gasteiger partial charge in [0.2, 0.25) is 0 Å². The summed E-state index contributed by atoms with van der Waals surface area (Å²) in [7, 11) is 0. The summed E-state index contributed by atoms with van der Waals surface area (Å²) in [6.07, 6.45) is 1.29. The van der Waals surface area contributed by atoms with Crippen molar-refractivity contribution >= 4 is 39.6 Å². The largest absolute Gasteiger partial charge is 0.462 e. The van der Waals surface area contributed by atoms with Gasteiger partial charge in [0.25, 0.3) is 5.91 Å². The highest BCUT2D eigenvalue weighted by Crippen LogP contribution is 2.23. The lowest BCUT2D eigenvalue weighted by molar-refractivity contribution is 0.0527. The van der Waals surface area contributed by atoms with Crippen LogP contribution >= 0.6 is 0 Å². The Morgan fingerprint density at radius 1 is 1.00 bits per heavy atom. The first-order chi connectivity index (χ1) is 16.5. The number of carbonyl (C=O) groups excluding carboxylic acids is 2.